The molecule has 0 radical (unpaired) electrons. The summed E-state index contributed by atoms with van der Waals surface area (Å²) in [6.07, 6.45) is 1.88. The van der Waals surface area contributed by atoms with Crippen LogP contribution in [-0.2, 0) is 0 Å². The number of fused-ring (bicyclic) bond motifs is 3. The van der Waals surface area contributed by atoms with Gasteiger partial charge in [-0.3, -0.25) is 4.99 Å². The maximum absolute atomic E-state index is 9.76. The smallest absolute Gasteiger partial charge is 0.0991 e. The van der Waals surface area contributed by atoms with E-state index in [0.717, 1.165) is 50.4 Å². The minimum Gasteiger partial charge on any atom is -0.310 e. The van der Waals surface area contributed by atoms with Gasteiger partial charge >= 0.3 is 0 Å². The van der Waals surface area contributed by atoms with Crippen molar-refractivity contribution in [3.63, 3.8) is 0 Å². The Morgan fingerprint density at radius 2 is 1.06 bits per heavy atom. The molecule has 8 aromatic rings. The molecule has 3 nitrogen and oxygen atoms in total. The van der Waals surface area contributed by atoms with E-state index < -0.39 is 0 Å². The number of aliphatic imine (C=N–C) groups is 1. The topological polar surface area (TPSA) is 39.4 Å². The lowest BCUT2D eigenvalue weighted by molar-refractivity contribution is 1.28. The van der Waals surface area contributed by atoms with Crippen LogP contribution in [-0.4, -0.2) is 13.3 Å². The van der Waals surface area contributed by atoms with Crippen molar-refractivity contribution in [2.24, 2.45) is 4.99 Å². The van der Waals surface area contributed by atoms with Crippen LogP contribution in [0.2, 0.25) is 0 Å². The third-order valence-electron chi connectivity index (χ3n) is 9.98. The molecule has 0 saturated carbocycles. The van der Waals surface area contributed by atoms with E-state index in [0.29, 0.717) is 5.56 Å². The fourth-order valence-corrected chi connectivity index (χ4v) is 7.69. The molecule has 0 aliphatic heterocycles. The van der Waals surface area contributed by atoms with Gasteiger partial charge in [0.15, 0.2) is 0 Å². The highest BCUT2D eigenvalue weighted by Crippen LogP contribution is 2.49. The number of anilines is 3. The molecule has 9 rings (SSSR count). The quantitative estimate of drug-likeness (QED) is 0.159. The van der Waals surface area contributed by atoms with E-state index in [-0.39, 0.29) is 0 Å². The van der Waals surface area contributed by atoms with E-state index in [2.05, 4.69) is 174 Å². The van der Waals surface area contributed by atoms with Crippen LogP contribution in [0.25, 0.3) is 66.4 Å². The van der Waals surface area contributed by atoms with Crippen molar-refractivity contribution in [3.8, 4) is 61.7 Å². The molecule has 0 bridgehead atoms. The molecule has 0 atom stereocenters. The Kier molecular flexibility index (Phi) is 7.76. The van der Waals surface area contributed by atoms with Crippen LogP contribution in [0, 0.1) is 11.3 Å². The average Bonchev–Trinajstić information content (AvgIpc) is 3.53. The summed E-state index contributed by atoms with van der Waals surface area (Å²) in [5.74, 6) is 0. The van der Waals surface area contributed by atoms with E-state index in [4.69, 9.17) is 0 Å². The molecule has 0 spiro atoms. The van der Waals surface area contributed by atoms with Gasteiger partial charge < -0.3 is 4.90 Å². The SMILES string of the molecule is C/N=C\c1cccc(-c2cc(-c3cccc(C#N)c3)cc(N(c3ccccc3)c3cccc(-c4ccc5c6c(cccc46)-c4ccccc4-5)c3)c2)c1. The molecule has 0 amide bonds. The molecule has 244 valence electrons. The first-order chi connectivity index (χ1) is 25.7. The van der Waals surface area contributed by atoms with Gasteiger partial charge in [0.2, 0.25) is 0 Å². The average molecular weight is 664 g/mol. The van der Waals surface area contributed by atoms with Gasteiger partial charge in [-0.15, -0.1) is 0 Å². The summed E-state index contributed by atoms with van der Waals surface area (Å²) in [5, 5.41) is 12.3. The van der Waals surface area contributed by atoms with Gasteiger partial charge in [0.05, 0.1) is 11.6 Å². The molecule has 0 aromatic heterocycles. The second kappa shape index (κ2) is 13.0. The van der Waals surface area contributed by atoms with Gasteiger partial charge in [0, 0.05) is 30.3 Å². The maximum Gasteiger partial charge on any atom is 0.0991 e. The standard InChI is InChI=1S/C49H33N3/c1-51-32-34-12-8-14-36(26-34)39-27-38(35-13-7-11-33(25-35)31-50)29-42(30-39)52(40-16-3-2-4-17-40)41-18-9-15-37(28-41)43-23-24-48-45-20-6-5-19-44(45)47-22-10-21-46(43)49(47)48/h2-30,32H,1H3/b51-32-. The molecule has 0 saturated heterocycles. The van der Waals surface area contributed by atoms with Crippen molar-refractivity contribution < 1.29 is 0 Å². The normalized spacial score (nSPS) is 11.5. The van der Waals surface area contributed by atoms with Gasteiger partial charge in [-0.2, -0.15) is 5.26 Å². The zero-order valence-corrected chi connectivity index (χ0v) is 28.7. The van der Waals surface area contributed by atoms with Gasteiger partial charge in [0.1, 0.15) is 0 Å². The molecular weight excluding hydrogens is 631 g/mol. The second-order valence-corrected chi connectivity index (χ2v) is 13.1. The summed E-state index contributed by atoms with van der Waals surface area (Å²) in [6.45, 7) is 0. The second-order valence-electron chi connectivity index (χ2n) is 13.1. The lowest BCUT2D eigenvalue weighted by atomic mass is 9.93. The van der Waals surface area contributed by atoms with Gasteiger partial charge in [-0.25, -0.2) is 0 Å². The number of nitriles is 1. The number of rotatable bonds is 7. The Morgan fingerprint density at radius 1 is 0.462 bits per heavy atom. The van der Waals surface area contributed by atoms with Crippen molar-refractivity contribution in [1.82, 2.24) is 0 Å². The Hall–Kier alpha value is -7.02. The number of benzene rings is 8. The summed E-state index contributed by atoms with van der Waals surface area (Å²) in [4.78, 5) is 6.59. The Morgan fingerprint density at radius 3 is 1.83 bits per heavy atom. The van der Waals surface area contributed by atoms with E-state index >= 15 is 0 Å². The zero-order valence-electron chi connectivity index (χ0n) is 28.7. The van der Waals surface area contributed by atoms with Gasteiger partial charge in [0.25, 0.3) is 0 Å². The molecule has 1 aliphatic rings. The Balaban J connectivity index is 1.24. The van der Waals surface area contributed by atoms with Crippen molar-refractivity contribution in [1.29, 1.82) is 5.26 Å². The highest BCUT2D eigenvalue weighted by molar-refractivity contribution is 6.18. The number of hydrogen-bond donors (Lipinski definition) is 0. The highest BCUT2D eigenvalue weighted by Gasteiger charge is 2.23. The van der Waals surface area contributed by atoms with Crippen molar-refractivity contribution in [2.45, 2.75) is 0 Å². The lowest BCUT2D eigenvalue weighted by Gasteiger charge is -2.27. The summed E-state index contributed by atoms with van der Waals surface area (Å²) in [7, 11) is 1.79. The summed E-state index contributed by atoms with van der Waals surface area (Å²) >= 11 is 0. The minimum absolute atomic E-state index is 0.631. The van der Waals surface area contributed by atoms with Crippen LogP contribution in [0.3, 0.4) is 0 Å². The summed E-state index contributed by atoms with van der Waals surface area (Å²) in [5.41, 5.74) is 16.5. The Bertz CT molecular complexity index is 2690. The summed E-state index contributed by atoms with van der Waals surface area (Å²) < 4.78 is 0. The highest BCUT2D eigenvalue weighted by atomic mass is 15.1. The largest absolute Gasteiger partial charge is 0.310 e. The third-order valence-corrected chi connectivity index (χ3v) is 9.98. The predicted molar refractivity (Wildman–Crippen MR) is 218 cm³/mol. The monoisotopic (exact) mass is 663 g/mol. The molecule has 0 heterocycles. The van der Waals surface area contributed by atoms with Crippen LogP contribution in [0.5, 0.6) is 0 Å². The molecule has 1 aliphatic carbocycles. The van der Waals surface area contributed by atoms with Gasteiger partial charge in [-0.1, -0.05) is 115 Å². The summed E-state index contributed by atoms with van der Waals surface area (Å²) in [6, 6.07) is 64.7. The minimum atomic E-state index is 0.631. The number of nitrogens with zero attached hydrogens (tertiary/aromatic N) is 3. The van der Waals surface area contributed by atoms with Crippen molar-refractivity contribution in [3.05, 3.63) is 187 Å². The van der Waals surface area contributed by atoms with E-state index in [9.17, 15) is 5.26 Å². The zero-order chi connectivity index (χ0) is 35.0. The van der Waals surface area contributed by atoms with Crippen LogP contribution in [0.4, 0.5) is 17.1 Å². The van der Waals surface area contributed by atoms with E-state index in [1.54, 1.807) is 7.05 Å². The molecule has 0 unspecified atom stereocenters. The predicted octanol–water partition coefficient (Wildman–Crippen LogP) is 12.9. The van der Waals surface area contributed by atoms with Crippen LogP contribution in [0.15, 0.2) is 181 Å². The molecule has 0 N–H and O–H groups in total. The number of hydrogen-bond acceptors (Lipinski definition) is 3. The first-order valence-electron chi connectivity index (χ1n) is 17.5. The van der Waals surface area contributed by atoms with Crippen LogP contribution in [0.1, 0.15) is 11.1 Å². The molecule has 0 fully saturated rings. The Labute approximate surface area is 304 Å². The fraction of sp³-hybridized carbons (Fsp3) is 0.0204. The third kappa shape index (κ3) is 5.44. The molecule has 52 heavy (non-hydrogen) atoms. The maximum atomic E-state index is 9.76. The van der Waals surface area contributed by atoms with Crippen LogP contribution >= 0.6 is 0 Å². The van der Waals surface area contributed by atoms with Crippen molar-refractivity contribution >= 4 is 34.0 Å². The van der Waals surface area contributed by atoms with Crippen molar-refractivity contribution in [2.75, 3.05) is 11.9 Å². The van der Waals surface area contributed by atoms with E-state index in [1.165, 1.54) is 38.6 Å². The molecular formula is C49H33N3. The van der Waals surface area contributed by atoms with Crippen LogP contribution < -0.4 is 4.90 Å². The lowest BCUT2D eigenvalue weighted by Crippen LogP contribution is -2.10. The fourth-order valence-electron chi connectivity index (χ4n) is 7.69. The number of para-hydroxylation sites is 1. The molecule has 3 heteroatoms. The van der Waals surface area contributed by atoms with E-state index in [1.807, 2.05) is 24.4 Å². The first-order valence-corrected chi connectivity index (χ1v) is 17.5. The van der Waals surface area contributed by atoms with Gasteiger partial charge in [-0.05, 0) is 133 Å². The first kappa shape index (κ1) is 31.0. The molecule has 8 aromatic carbocycles.